The fourth-order valence-corrected chi connectivity index (χ4v) is 2.70. The Labute approximate surface area is 152 Å². The topological polar surface area (TPSA) is 30.5 Å². The minimum atomic E-state index is 0.0531. The van der Waals surface area contributed by atoms with E-state index in [0.29, 0.717) is 12.5 Å². The summed E-state index contributed by atoms with van der Waals surface area (Å²) in [6.45, 7) is 11.3. The maximum atomic E-state index is 6.21. The van der Waals surface area contributed by atoms with Gasteiger partial charge in [0.2, 0.25) is 0 Å². The van der Waals surface area contributed by atoms with E-state index >= 15 is 0 Å². The van der Waals surface area contributed by atoms with Gasteiger partial charge in [0.25, 0.3) is 0 Å². The number of hydrogen-bond donors (Lipinski definition) is 1. The smallest absolute Gasteiger partial charge is 0.142 e. The highest BCUT2D eigenvalue weighted by Gasteiger charge is 2.13. The summed E-state index contributed by atoms with van der Waals surface area (Å²) < 4.78 is 12.1. The van der Waals surface area contributed by atoms with Crippen molar-refractivity contribution < 1.29 is 9.47 Å². The Morgan fingerprint density at radius 2 is 1.48 bits per heavy atom. The first-order valence-electron chi connectivity index (χ1n) is 9.26. The third-order valence-electron chi connectivity index (χ3n) is 4.22. The zero-order chi connectivity index (χ0) is 18.2. The summed E-state index contributed by atoms with van der Waals surface area (Å²) in [7, 11) is 0. The lowest BCUT2D eigenvalue weighted by Crippen LogP contribution is -2.23. The molecule has 3 nitrogen and oxygen atoms in total. The summed E-state index contributed by atoms with van der Waals surface area (Å²) in [6, 6.07) is 16.4. The predicted octanol–water partition coefficient (Wildman–Crippen LogP) is 5.87. The maximum Gasteiger partial charge on any atom is 0.142 e. The van der Waals surface area contributed by atoms with E-state index in [9.17, 15) is 0 Å². The van der Waals surface area contributed by atoms with Crippen LogP contribution in [0.3, 0.4) is 0 Å². The number of ether oxygens (including phenoxy) is 2. The molecule has 0 aliphatic carbocycles. The molecule has 0 aliphatic heterocycles. The molecule has 0 amide bonds. The molecule has 0 fully saturated rings. The van der Waals surface area contributed by atoms with Crippen molar-refractivity contribution in [2.45, 2.75) is 59.2 Å². The van der Waals surface area contributed by atoms with Crippen LogP contribution < -0.4 is 14.8 Å². The summed E-state index contributed by atoms with van der Waals surface area (Å²) in [5.74, 6) is 2.36. The molecule has 3 heteroatoms. The molecular weight excluding hydrogens is 310 g/mol. The van der Waals surface area contributed by atoms with Gasteiger partial charge >= 0.3 is 0 Å². The number of benzene rings is 2. The standard InChI is InChI=1S/C22H31NO2/c1-6-17(4)19-11-7-9-13-21(19)25-18(5)15-23-20-12-8-10-14-22(20)24-16(2)3/h7-14,16-18,23H,6,15H2,1-5H3/t17-,18-/m0/s1. The van der Waals surface area contributed by atoms with Gasteiger partial charge in [-0.1, -0.05) is 44.2 Å². The number of nitrogens with one attached hydrogen (secondary N) is 1. The Morgan fingerprint density at radius 1 is 0.840 bits per heavy atom. The van der Waals surface area contributed by atoms with E-state index in [2.05, 4.69) is 44.3 Å². The van der Waals surface area contributed by atoms with Crippen LogP contribution in [0.5, 0.6) is 11.5 Å². The van der Waals surface area contributed by atoms with Crippen molar-refractivity contribution in [2.75, 3.05) is 11.9 Å². The zero-order valence-electron chi connectivity index (χ0n) is 16.1. The SMILES string of the molecule is CC[C@H](C)c1ccccc1O[C@@H](C)CNc1ccccc1OC(C)C. The zero-order valence-corrected chi connectivity index (χ0v) is 16.1. The second-order valence-electron chi connectivity index (χ2n) is 6.82. The molecule has 0 bridgehead atoms. The Morgan fingerprint density at radius 3 is 2.16 bits per heavy atom. The first-order chi connectivity index (χ1) is 12.0. The molecule has 2 rings (SSSR count). The molecule has 1 N–H and O–H groups in total. The van der Waals surface area contributed by atoms with E-state index in [1.54, 1.807) is 0 Å². The molecule has 2 aromatic carbocycles. The number of hydrogen-bond acceptors (Lipinski definition) is 3. The van der Waals surface area contributed by atoms with Crippen molar-refractivity contribution in [3.05, 3.63) is 54.1 Å². The average Bonchev–Trinajstić information content (AvgIpc) is 2.60. The van der Waals surface area contributed by atoms with Gasteiger partial charge < -0.3 is 14.8 Å². The summed E-state index contributed by atoms with van der Waals surface area (Å²) >= 11 is 0. The minimum Gasteiger partial charge on any atom is -0.489 e. The highest BCUT2D eigenvalue weighted by Crippen LogP contribution is 2.29. The molecule has 0 heterocycles. The highest BCUT2D eigenvalue weighted by molar-refractivity contribution is 5.56. The van der Waals surface area contributed by atoms with Crippen molar-refractivity contribution in [3.63, 3.8) is 0 Å². The van der Waals surface area contributed by atoms with Gasteiger partial charge in [0.15, 0.2) is 0 Å². The van der Waals surface area contributed by atoms with Crippen LogP contribution in [-0.4, -0.2) is 18.8 Å². The predicted molar refractivity (Wildman–Crippen MR) is 106 cm³/mol. The molecule has 136 valence electrons. The van der Waals surface area contributed by atoms with Crippen LogP contribution >= 0.6 is 0 Å². The lowest BCUT2D eigenvalue weighted by atomic mass is 9.98. The van der Waals surface area contributed by atoms with Crippen LogP contribution in [0.1, 0.15) is 52.5 Å². The second-order valence-corrected chi connectivity index (χ2v) is 6.82. The van der Waals surface area contributed by atoms with E-state index in [-0.39, 0.29) is 12.2 Å². The Bertz CT molecular complexity index is 654. The van der Waals surface area contributed by atoms with Crippen molar-refractivity contribution >= 4 is 5.69 Å². The number of rotatable bonds is 9. The molecule has 0 saturated heterocycles. The summed E-state index contributed by atoms with van der Waals surface area (Å²) in [4.78, 5) is 0. The van der Waals surface area contributed by atoms with Crippen molar-refractivity contribution in [1.29, 1.82) is 0 Å². The van der Waals surface area contributed by atoms with Crippen molar-refractivity contribution in [2.24, 2.45) is 0 Å². The Hall–Kier alpha value is -2.16. The lowest BCUT2D eigenvalue weighted by molar-refractivity contribution is 0.229. The van der Waals surface area contributed by atoms with Gasteiger partial charge in [-0.25, -0.2) is 0 Å². The lowest BCUT2D eigenvalue weighted by Gasteiger charge is -2.21. The minimum absolute atomic E-state index is 0.0531. The van der Waals surface area contributed by atoms with E-state index < -0.39 is 0 Å². The monoisotopic (exact) mass is 341 g/mol. The molecule has 2 aromatic rings. The van der Waals surface area contributed by atoms with E-state index in [0.717, 1.165) is 23.6 Å². The van der Waals surface area contributed by atoms with Crippen molar-refractivity contribution in [3.8, 4) is 11.5 Å². The molecule has 25 heavy (non-hydrogen) atoms. The maximum absolute atomic E-state index is 6.21. The van der Waals surface area contributed by atoms with Crippen LogP contribution in [0, 0.1) is 0 Å². The van der Waals surface area contributed by atoms with Crippen LogP contribution in [0.4, 0.5) is 5.69 Å². The van der Waals surface area contributed by atoms with Crippen LogP contribution in [0.15, 0.2) is 48.5 Å². The molecule has 0 saturated carbocycles. The average molecular weight is 341 g/mol. The molecule has 2 atom stereocenters. The quantitative estimate of drug-likeness (QED) is 0.619. The largest absolute Gasteiger partial charge is 0.489 e. The Balaban J connectivity index is 1.99. The van der Waals surface area contributed by atoms with E-state index in [4.69, 9.17) is 9.47 Å². The molecule has 0 radical (unpaired) electrons. The van der Waals surface area contributed by atoms with Gasteiger partial charge in [-0.2, -0.15) is 0 Å². The van der Waals surface area contributed by atoms with Gasteiger partial charge in [-0.05, 0) is 56.9 Å². The van der Waals surface area contributed by atoms with Gasteiger partial charge in [-0.3, -0.25) is 0 Å². The highest BCUT2D eigenvalue weighted by atomic mass is 16.5. The number of anilines is 1. The first kappa shape index (κ1) is 19.2. The van der Waals surface area contributed by atoms with Gasteiger partial charge in [0.05, 0.1) is 18.3 Å². The summed E-state index contributed by atoms with van der Waals surface area (Å²) in [6.07, 6.45) is 1.31. The second kappa shape index (κ2) is 9.36. The van der Waals surface area contributed by atoms with Crippen LogP contribution in [0.25, 0.3) is 0 Å². The van der Waals surface area contributed by atoms with Crippen LogP contribution in [-0.2, 0) is 0 Å². The first-order valence-corrected chi connectivity index (χ1v) is 9.26. The van der Waals surface area contributed by atoms with E-state index in [1.165, 1.54) is 5.56 Å². The summed E-state index contributed by atoms with van der Waals surface area (Å²) in [5.41, 5.74) is 2.28. The molecule has 0 unspecified atom stereocenters. The fraction of sp³-hybridized carbons (Fsp3) is 0.455. The molecular formula is C22H31NO2. The van der Waals surface area contributed by atoms with Crippen LogP contribution in [0.2, 0.25) is 0 Å². The fourth-order valence-electron chi connectivity index (χ4n) is 2.70. The van der Waals surface area contributed by atoms with Gasteiger partial charge in [0, 0.05) is 0 Å². The third kappa shape index (κ3) is 5.70. The van der Waals surface area contributed by atoms with Gasteiger partial charge in [-0.15, -0.1) is 0 Å². The van der Waals surface area contributed by atoms with Crippen molar-refractivity contribution in [1.82, 2.24) is 0 Å². The third-order valence-corrected chi connectivity index (χ3v) is 4.22. The Kier molecular flexibility index (Phi) is 7.17. The molecule has 0 spiro atoms. The summed E-state index contributed by atoms with van der Waals surface area (Å²) in [5, 5.41) is 3.45. The van der Waals surface area contributed by atoms with Gasteiger partial charge in [0.1, 0.15) is 17.6 Å². The normalized spacial score (nSPS) is 13.4. The molecule has 0 aliphatic rings. The number of para-hydroxylation sites is 3. The van der Waals surface area contributed by atoms with E-state index in [1.807, 2.05) is 44.2 Å². The molecule has 0 aromatic heterocycles.